The lowest BCUT2D eigenvalue weighted by Crippen LogP contribution is -2.41. The monoisotopic (exact) mass is 290 g/mol. The molecule has 0 aliphatic carbocycles. The number of primary amides is 1. The number of hydrogen-bond donors (Lipinski definition) is 1. The highest BCUT2D eigenvalue weighted by atomic mass is 16.5. The second-order valence-electron chi connectivity index (χ2n) is 5.63. The summed E-state index contributed by atoms with van der Waals surface area (Å²) in [5, 5.41) is 0. The second-order valence-corrected chi connectivity index (χ2v) is 5.63. The van der Waals surface area contributed by atoms with Gasteiger partial charge >= 0.3 is 0 Å². The zero-order chi connectivity index (χ0) is 15.6. The van der Waals surface area contributed by atoms with Crippen LogP contribution >= 0.6 is 0 Å². The molecule has 2 amide bonds. The average Bonchev–Trinajstić information content (AvgIpc) is 2.46. The van der Waals surface area contributed by atoms with Gasteiger partial charge in [-0.05, 0) is 43.9 Å². The molecule has 1 aromatic carbocycles. The first kappa shape index (κ1) is 15.4. The summed E-state index contributed by atoms with van der Waals surface area (Å²) in [6.45, 7) is 5.01. The Morgan fingerprint density at radius 2 is 1.86 bits per heavy atom. The van der Waals surface area contributed by atoms with E-state index in [1.807, 2.05) is 26.0 Å². The molecule has 2 rings (SSSR count). The molecule has 21 heavy (non-hydrogen) atoms. The first-order valence-corrected chi connectivity index (χ1v) is 7.18. The van der Waals surface area contributed by atoms with E-state index in [2.05, 4.69) is 0 Å². The smallest absolute Gasteiger partial charge is 0.257 e. The first-order chi connectivity index (χ1) is 9.93. The number of methoxy groups -OCH3 is 1. The molecule has 1 fully saturated rings. The summed E-state index contributed by atoms with van der Waals surface area (Å²) in [4.78, 5) is 25.7. The molecule has 1 aliphatic rings. The van der Waals surface area contributed by atoms with Gasteiger partial charge in [0.15, 0.2) is 0 Å². The molecule has 5 nitrogen and oxygen atoms in total. The summed E-state index contributed by atoms with van der Waals surface area (Å²) < 4.78 is 5.38. The number of amides is 2. The van der Waals surface area contributed by atoms with Gasteiger partial charge in [-0.2, -0.15) is 0 Å². The maximum atomic E-state index is 12.7. The van der Waals surface area contributed by atoms with Crippen molar-refractivity contribution in [1.82, 2.24) is 4.90 Å². The average molecular weight is 290 g/mol. The van der Waals surface area contributed by atoms with Crippen molar-refractivity contribution in [2.45, 2.75) is 26.7 Å². The Bertz CT molecular complexity index is 561. The summed E-state index contributed by atoms with van der Waals surface area (Å²) in [5.41, 5.74) is 7.90. The fourth-order valence-corrected chi connectivity index (χ4v) is 2.92. The van der Waals surface area contributed by atoms with Gasteiger partial charge in [-0.15, -0.1) is 0 Å². The third-order valence-electron chi connectivity index (χ3n) is 4.04. The molecule has 0 saturated carbocycles. The zero-order valence-electron chi connectivity index (χ0n) is 12.8. The van der Waals surface area contributed by atoms with Crippen molar-refractivity contribution in [2.24, 2.45) is 11.7 Å². The number of nitrogens with zero attached hydrogens (tertiary/aromatic N) is 1. The number of piperidine rings is 1. The van der Waals surface area contributed by atoms with E-state index in [4.69, 9.17) is 10.5 Å². The highest BCUT2D eigenvalue weighted by Gasteiger charge is 2.28. The van der Waals surface area contributed by atoms with E-state index in [1.165, 1.54) is 0 Å². The highest BCUT2D eigenvalue weighted by molar-refractivity contribution is 5.97. The maximum Gasteiger partial charge on any atom is 0.257 e. The molecule has 0 atom stereocenters. The van der Waals surface area contributed by atoms with E-state index >= 15 is 0 Å². The number of carbonyl (C=O) groups excluding carboxylic acids is 2. The topological polar surface area (TPSA) is 72.6 Å². The van der Waals surface area contributed by atoms with E-state index in [1.54, 1.807) is 12.0 Å². The predicted octanol–water partition coefficient (Wildman–Crippen LogP) is 1.65. The Labute approximate surface area is 125 Å². The normalized spacial score (nSPS) is 15.9. The van der Waals surface area contributed by atoms with E-state index in [0.29, 0.717) is 37.2 Å². The Kier molecular flexibility index (Phi) is 4.50. The molecular weight excluding hydrogens is 268 g/mol. The minimum Gasteiger partial charge on any atom is -0.496 e. The molecule has 1 saturated heterocycles. The van der Waals surface area contributed by atoms with E-state index in [0.717, 1.165) is 11.1 Å². The fraction of sp³-hybridized carbons (Fsp3) is 0.500. The van der Waals surface area contributed by atoms with Crippen molar-refractivity contribution >= 4 is 11.8 Å². The molecule has 0 unspecified atom stereocenters. The largest absolute Gasteiger partial charge is 0.496 e. The van der Waals surface area contributed by atoms with Crippen LogP contribution in [-0.4, -0.2) is 36.9 Å². The summed E-state index contributed by atoms with van der Waals surface area (Å²) in [6.07, 6.45) is 1.27. The number of hydrogen-bond acceptors (Lipinski definition) is 3. The van der Waals surface area contributed by atoms with E-state index in [9.17, 15) is 9.59 Å². The number of carbonyl (C=O) groups is 2. The van der Waals surface area contributed by atoms with Gasteiger partial charge in [0.05, 0.1) is 12.7 Å². The summed E-state index contributed by atoms with van der Waals surface area (Å²) in [5.74, 6) is 0.200. The summed E-state index contributed by atoms with van der Waals surface area (Å²) in [7, 11) is 1.58. The van der Waals surface area contributed by atoms with E-state index in [-0.39, 0.29) is 17.7 Å². The van der Waals surface area contributed by atoms with Gasteiger partial charge < -0.3 is 15.4 Å². The third kappa shape index (κ3) is 3.17. The summed E-state index contributed by atoms with van der Waals surface area (Å²) in [6, 6.07) is 3.85. The van der Waals surface area contributed by atoms with Gasteiger partial charge in [0, 0.05) is 19.0 Å². The maximum absolute atomic E-state index is 12.7. The lowest BCUT2D eigenvalue weighted by Gasteiger charge is -2.31. The van der Waals surface area contributed by atoms with Crippen molar-refractivity contribution in [2.75, 3.05) is 20.2 Å². The molecular formula is C16H22N2O3. The Hall–Kier alpha value is -2.04. The number of ether oxygens (including phenoxy) is 1. The number of likely N-dealkylation sites (tertiary alicyclic amines) is 1. The van der Waals surface area contributed by atoms with Crippen LogP contribution in [0.25, 0.3) is 0 Å². The van der Waals surface area contributed by atoms with Gasteiger partial charge in [0.2, 0.25) is 5.91 Å². The number of aryl methyl sites for hydroxylation is 2. The van der Waals surface area contributed by atoms with Gasteiger partial charge in [0.1, 0.15) is 5.75 Å². The molecule has 0 bridgehead atoms. The Morgan fingerprint density at radius 3 is 2.38 bits per heavy atom. The quantitative estimate of drug-likeness (QED) is 0.920. The van der Waals surface area contributed by atoms with Crippen molar-refractivity contribution in [3.8, 4) is 5.75 Å². The zero-order valence-corrected chi connectivity index (χ0v) is 12.8. The minimum atomic E-state index is -0.272. The van der Waals surface area contributed by atoms with Crippen molar-refractivity contribution in [3.63, 3.8) is 0 Å². The molecule has 0 radical (unpaired) electrons. The van der Waals surface area contributed by atoms with Gasteiger partial charge in [-0.1, -0.05) is 6.07 Å². The van der Waals surface area contributed by atoms with Crippen LogP contribution in [0.15, 0.2) is 12.1 Å². The number of benzene rings is 1. The molecule has 0 spiro atoms. The third-order valence-corrected chi connectivity index (χ3v) is 4.04. The molecule has 1 aromatic rings. The molecule has 5 heteroatoms. The van der Waals surface area contributed by atoms with Crippen LogP contribution < -0.4 is 10.5 Å². The second kappa shape index (κ2) is 6.16. The standard InChI is InChI=1S/C16H22N2O3/c1-10-8-11(2)14(21-3)13(9-10)16(20)18-6-4-12(5-7-18)15(17)19/h8-9,12H,4-7H2,1-3H3,(H2,17,19). The fourth-order valence-electron chi connectivity index (χ4n) is 2.92. The van der Waals surface area contributed by atoms with Gasteiger partial charge in [-0.3, -0.25) is 9.59 Å². The Morgan fingerprint density at radius 1 is 1.24 bits per heavy atom. The van der Waals surface area contributed by atoms with Crippen LogP contribution in [0.3, 0.4) is 0 Å². The van der Waals surface area contributed by atoms with Gasteiger partial charge in [0.25, 0.3) is 5.91 Å². The van der Waals surface area contributed by atoms with Crippen LogP contribution in [0.1, 0.15) is 34.3 Å². The van der Waals surface area contributed by atoms with E-state index < -0.39 is 0 Å². The first-order valence-electron chi connectivity index (χ1n) is 7.18. The minimum absolute atomic E-state index is 0.0402. The molecule has 0 aromatic heterocycles. The van der Waals surface area contributed by atoms with Crippen LogP contribution in [0.4, 0.5) is 0 Å². The van der Waals surface area contributed by atoms with Gasteiger partial charge in [-0.25, -0.2) is 0 Å². The molecule has 1 heterocycles. The Balaban J connectivity index is 2.20. The van der Waals surface area contributed by atoms with Crippen molar-refractivity contribution in [1.29, 1.82) is 0 Å². The summed E-state index contributed by atoms with van der Waals surface area (Å²) >= 11 is 0. The molecule has 114 valence electrons. The lowest BCUT2D eigenvalue weighted by molar-refractivity contribution is -0.123. The number of rotatable bonds is 3. The predicted molar refractivity (Wildman–Crippen MR) is 80.3 cm³/mol. The van der Waals surface area contributed by atoms with Crippen molar-refractivity contribution < 1.29 is 14.3 Å². The van der Waals surface area contributed by atoms with Crippen LogP contribution in [-0.2, 0) is 4.79 Å². The SMILES string of the molecule is COc1c(C)cc(C)cc1C(=O)N1CCC(C(N)=O)CC1. The van der Waals surface area contributed by atoms with Crippen LogP contribution in [0, 0.1) is 19.8 Å². The molecule has 1 aliphatic heterocycles. The van der Waals surface area contributed by atoms with Crippen LogP contribution in [0.5, 0.6) is 5.75 Å². The lowest BCUT2D eigenvalue weighted by atomic mass is 9.95. The number of nitrogens with two attached hydrogens (primary N) is 1. The van der Waals surface area contributed by atoms with Crippen molar-refractivity contribution in [3.05, 3.63) is 28.8 Å². The molecule has 2 N–H and O–H groups in total. The van der Waals surface area contributed by atoms with Crippen LogP contribution in [0.2, 0.25) is 0 Å². The highest BCUT2D eigenvalue weighted by Crippen LogP contribution is 2.28.